The van der Waals surface area contributed by atoms with E-state index in [1.54, 1.807) is 31.2 Å². The molecule has 2 aromatic carbocycles. The number of carbonyl (C=O) groups is 1. The minimum Gasteiger partial charge on any atom is -0.337 e. The molecule has 160 valence electrons. The molecular weight excluding hydrogens is 453 g/mol. The van der Waals surface area contributed by atoms with E-state index in [1.165, 1.54) is 11.8 Å². The predicted molar refractivity (Wildman–Crippen MR) is 125 cm³/mol. The molecule has 1 N–H and O–H groups in total. The van der Waals surface area contributed by atoms with Crippen molar-refractivity contribution in [3.8, 4) is 23.1 Å². The van der Waals surface area contributed by atoms with Crippen LogP contribution in [-0.4, -0.2) is 32.0 Å². The summed E-state index contributed by atoms with van der Waals surface area (Å²) in [5.74, 6) is 0.434. The molecule has 0 unspecified atom stereocenters. The molecule has 0 radical (unpaired) electrons. The second-order valence-electron chi connectivity index (χ2n) is 7.43. The Balaban J connectivity index is 1.90. The van der Waals surface area contributed by atoms with Gasteiger partial charge < -0.3 is 5.32 Å². The maximum Gasteiger partial charge on any atom is 0.231 e. The first-order chi connectivity index (χ1) is 14.7. The third-order valence-corrected chi connectivity index (χ3v) is 6.37. The minimum absolute atomic E-state index is 0.0272. The van der Waals surface area contributed by atoms with Crippen molar-refractivity contribution in [3.05, 3.63) is 58.6 Å². The number of halogens is 2. The quantitative estimate of drug-likeness (QED) is 0.465. The zero-order valence-electron chi connectivity index (χ0n) is 17.3. The van der Waals surface area contributed by atoms with Gasteiger partial charge in [-0.3, -0.25) is 9.36 Å². The van der Waals surface area contributed by atoms with Crippen LogP contribution in [0.5, 0.6) is 0 Å². The zero-order chi connectivity index (χ0) is 22.6. The Hall–Kier alpha value is -2.53. The van der Waals surface area contributed by atoms with Gasteiger partial charge in [0.05, 0.1) is 11.8 Å². The van der Waals surface area contributed by atoms with Crippen molar-refractivity contribution in [1.29, 1.82) is 5.26 Å². The summed E-state index contributed by atoms with van der Waals surface area (Å²) >= 11 is 13.3. The summed E-state index contributed by atoms with van der Waals surface area (Å²) in [5, 5.41) is 22.7. The number of aromatic nitrogens is 3. The molecule has 1 heterocycles. The zero-order valence-corrected chi connectivity index (χ0v) is 19.6. The standard InChI is InChI=1S/C22H21Cl2N5OS/c1-14(2)22(3,13-25)26-19(30)12-31-21-28-27-20(15-4-6-16(23)7-5-15)29(21)18-10-8-17(24)9-11-18/h4-11,14H,12H2,1-3H3,(H,26,30)/t22-/m0/s1. The number of nitrogens with zero attached hydrogens (tertiary/aromatic N) is 4. The van der Waals surface area contributed by atoms with Crippen molar-refractivity contribution in [1.82, 2.24) is 20.1 Å². The average Bonchev–Trinajstić information content (AvgIpc) is 3.17. The first-order valence-corrected chi connectivity index (χ1v) is 11.3. The van der Waals surface area contributed by atoms with Gasteiger partial charge in [0.25, 0.3) is 0 Å². The van der Waals surface area contributed by atoms with Crippen molar-refractivity contribution in [3.63, 3.8) is 0 Å². The van der Waals surface area contributed by atoms with Crippen molar-refractivity contribution < 1.29 is 4.79 Å². The molecule has 1 aromatic heterocycles. The molecule has 0 saturated carbocycles. The van der Waals surface area contributed by atoms with Gasteiger partial charge in [0.1, 0.15) is 5.54 Å². The number of rotatable bonds is 7. The molecule has 0 bridgehead atoms. The van der Waals surface area contributed by atoms with Gasteiger partial charge in [-0.1, -0.05) is 48.8 Å². The number of carbonyl (C=O) groups excluding carboxylic acids is 1. The van der Waals surface area contributed by atoms with E-state index in [9.17, 15) is 10.1 Å². The fourth-order valence-corrected chi connectivity index (χ4v) is 3.73. The molecule has 0 aliphatic heterocycles. The van der Waals surface area contributed by atoms with Gasteiger partial charge in [0.2, 0.25) is 5.91 Å². The number of benzene rings is 2. The lowest BCUT2D eigenvalue weighted by Gasteiger charge is -2.27. The Bertz CT molecular complexity index is 1110. The number of hydrogen-bond donors (Lipinski definition) is 1. The number of amides is 1. The van der Waals surface area contributed by atoms with Crippen LogP contribution in [0.15, 0.2) is 53.7 Å². The number of nitriles is 1. The highest BCUT2D eigenvalue weighted by Gasteiger charge is 2.30. The van der Waals surface area contributed by atoms with E-state index in [1.807, 2.05) is 42.7 Å². The van der Waals surface area contributed by atoms with E-state index in [4.69, 9.17) is 23.2 Å². The van der Waals surface area contributed by atoms with Crippen LogP contribution >= 0.6 is 35.0 Å². The van der Waals surface area contributed by atoms with Crippen LogP contribution in [0.1, 0.15) is 20.8 Å². The fourth-order valence-electron chi connectivity index (χ4n) is 2.73. The first kappa shape index (κ1) is 23.1. The van der Waals surface area contributed by atoms with Gasteiger partial charge in [-0.15, -0.1) is 10.2 Å². The molecule has 1 atom stereocenters. The van der Waals surface area contributed by atoms with Crippen LogP contribution in [0.3, 0.4) is 0 Å². The summed E-state index contributed by atoms with van der Waals surface area (Å²) in [5.41, 5.74) is 0.710. The second kappa shape index (κ2) is 9.73. The first-order valence-electron chi connectivity index (χ1n) is 9.56. The lowest BCUT2D eigenvalue weighted by molar-refractivity contribution is -0.120. The van der Waals surface area contributed by atoms with E-state index in [2.05, 4.69) is 21.6 Å². The van der Waals surface area contributed by atoms with Gasteiger partial charge in [-0.25, -0.2) is 0 Å². The third-order valence-electron chi connectivity index (χ3n) is 4.94. The van der Waals surface area contributed by atoms with Crippen molar-refractivity contribution in [2.24, 2.45) is 5.92 Å². The summed E-state index contributed by atoms with van der Waals surface area (Å²) in [7, 11) is 0. The summed E-state index contributed by atoms with van der Waals surface area (Å²) in [4.78, 5) is 12.5. The summed E-state index contributed by atoms with van der Waals surface area (Å²) in [6, 6.07) is 16.8. The highest BCUT2D eigenvalue weighted by Crippen LogP contribution is 2.29. The van der Waals surface area contributed by atoms with Gasteiger partial charge in [0, 0.05) is 21.3 Å². The molecule has 0 spiro atoms. The van der Waals surface area contributed by atoms with Crippen molar-refractivity contribution in [2.75, 3.05) is 5.75 Å². The van der Waals surface area contributed by atoms with Gasteiger partial charge in [0.15, 0.2) is 11.0 Å². The smallest absolute Gasteiger partial charge is 0.231 e. The molecule has 6 nitrogen and oxygen atoms in total. The normalized spacial score (nSPS) is 12.9. The fraction of sp³-hybridized carbons (Fsp3) is 0.273. The Labute approximate surface area is 195 Å². The largest absolute Gasteiger partial charge is 0.337 e. The van der Waals surface area contributed by atoms with Gasteiger partial charge in [-0.05, 0) is 61.4 Å². The minimum atomic E-state index is -0.935. The molecule has 0 fully saturated rings. The third kappa shape index (κ3) is 5.40. The summed E-state index contributed by atoms with van der Waals surface area (Å²) in [6.07, 6.45) is 0. The van der Waals surface area contributed by atoms with E-state index >= 15 is 0 Å². The topological polar surface area (TPSA) is 83.6 Å². The Kier molecular flexibility index (Phi) is 7.26. The predicted octanol–water partition coefficient (Wildman–Crippen LogP) is 5.39. The molecule has 9 heteroatoms. The molecule has 31 heavy (non-hydrogen) atoms. The van der Waals surface area contributed by atoms with Crippen LogP contribution in [0.2, 0.25) is 10.0 Å². The maximum atomic E-state index is 12.5. The Morgan fingerprint density at radius 3 is 2.26 bits per heavy atom. The molecule has 0 aliphatic rings. The van der Waals surface area contributed by atoms with E-state index in [-0.39, 0.29) is 17.6 Å². The second-order valence-corrected chi connectivity index (χ2v) is 9.25. The van der Waals surface area contributed by atoms with E-state index in [0.29, 0.717) is 21.0 Å². The van der Waals surface area contributed by atoms with Crippen LogP contribution in [0, 0.1) is 17.2 Å². The Morgan fingerprint density at radius 2 is 1.71 bits per heavy atom. The molecule has 0 aliphatic carbocycles. The van der Waals surface area contributed by atoms with Crippen molar-refractivity contribution >= 4 is 40.9 Å². The highest BCUT2D eigenvalue weighted by molar-refractivity contribution is 7.99. The van der Waals surface area contributed by atoms with Gasteiger partial charge in [-0.2, -0.15) is 5.26 Å². The number of nitrogens with one attached hydrogen (secondary N) is 1. The van der Waals surface area contributed by atoms with Gasteiger partial charge >= 0.3 is 0 Å². The maximum absolute atomic E-state index is 12.5. The molecule has 3 aromatic rings. The van der Waals surface area contributed by atoms with E-state index < -0.39 is 5.54 Å². The number of thioether (sulfide) groups is 1. The van der Waals surface area contributed by atoms with Crippen LogP contribution in [0.4, 0.5) is 0 Å². The van der Waals surface area contributed by atoms with Crippen LogP contribution in [0.25, 0.3) is 17.1 Å². The monoisotopic (exact) mass is 473 g/mol. The van der Waals surface area contributed by atoms with E-state index in [0.717, 1.165) is 11.3 Å². The lowest BCUT2D eigenvalue weighted by Crippen LogP contribution is -2.49. The van der Waals surface area contributed by atoms with Crippen LogP contribution in [-0.2, 0) is 4.79 Å². The lowest BCUT2D eigenvalue weighted by atomic mass is 9.90. The SMILES string of the molecule is CC(C)[C@](C)(C#N)NC(=O)CSc1nnc(-c2ccc(Cl)cc2)n1-c1ccc(Cl)cc1. The Morgan fingerprint density at radius 1 is 1.13 bits per heavy atom. The molecule has 0 saturated heterocycles. The summed E-state index contributed by atoms with van der Waals surface area (Å²) in [6.45, 7) is 5.51. The summed E-state index contributed by atoms with van der Waals surface area (Å²) < 4.78 is 1.86. The van der Waals surface area contributed by atoms with Crippen LogP contribution < -0.4 is 5.32 Å². The average molecular weight is 474 g/mol. The highest BCUT2D eigenvalue weighted by atomic mass is 35.5. The molecular formula is C22H21Cl2N5OS. The molecule has 3 rings (SSSR count). The molecule has 1 amide bonds. The van der Waals surface area contributed by atoms with Crippen molar-refractivity contribution in [2.45, 2.75) is 31.5 Å². The number of hydrogen-bond acceptors (Lipinski definition) is 5.